The number of unbranched alkanes of at least 4 members (excludes halogenated alkanes) is 2. The van der Waals surface area contributed by atoms with Crippen molar-refractivity contribution in [3.8, 4) is 0 Å². The summed E-state index contributed by atoms with van der Waals surface area (Å²) in [7, 11) is 0. The third-order valence-corrected chi connectivity index (χ3v) is 4.77. The van der Waals surface area contributed by atoms with Crippen LogP contribution in [0.1, 0.15) is 44.6 Å². The lowest BCUT2D eigenvalue weighted by molar-refractivity contribution is 0.685. The number of aryl methyl sites for hydroxylation is 1. The lowest BCUT2D eigenvalue weighted by Gasteiger charge is -2.23. The molecule has 2 heteroatoms. The largest absolute Gasteiger partial charge is 0.381 e. The number of nitrogens with one attached hydrogen (secondary N) is 1. The molecule has 1 nitrogen and oxygen atoms in total. The monoisotopic (exact) mass is 263 g/mol. The normalized spacial score (nSPS) is 19.7. The van der Waals surface area contributed by atoms with Crippen LogP contribution in [-0.2, 0) is 6.42 Å². The van der Waals surface area contributed by atoms with E-state index in [9.17, 15) is 0 Å². The highest BCUT2D eigenvalue weighted by atomic mass is 32.2. The molecule has 1 atom stereocenters. The predicted molar refractivity (Wildman–Crippen MR) is 83.6 cm³/mol. The number of thioether (sulfide) groups is 1. The summed E-state index contributed by atoms with van der Waals surface area (Å²) >= 11 is 2.08. The Labute approximate surface area is 116 Å². The maximum atomic E-state index is 3.65. The first-order chi connectivity index (χ1) is 8.88. The highest BCUT2D eigenvalue weighted by molar-refractivity contribution is 7.99. The van der Waals surface area contributed by atoms with E-state index in [1.165, 1.54) is 61.3 Å². The molecular weight excluding hydrogens is 238 g/mol. The Morgan fingerprint density at radius 3 is 2.72 bits per heavy atom. The van der Waals surface area contributed by atoms with E-state index >= 15 is 0 Å². The number of hydrogen-bond donors (Lipinski definition) is 1. The molecule has 0 amide bonds. The molecule has 1 N–H and O–H groups in total. The molecular formula is C16H25NS. The van der Waals surface area contributed by atoms with Crippen LogP contribution in [0.15, 0.2) is 24.3 Å². The first-order valence-electron chi connectivity index (χ1n) is 7.31. The van der Waals surface area contributed by atoms with Crippen molar-refractivity contribution in [3.63, 3.8) is 0 Å². The van der Waals surface area contributed by atoms with Crippen LogP contribution in [0.2, 0.25) is 0 Å². The van der Waals surface area contributed by atoms with Crippen molar-refractivity contribution in [1.82, 2.24) is 0 Å². The van der Waals surface area contributed by atoms with Crippen LogP contribution in [0.4, 0.5) is 5.69 Å². The van der Waals surface area contributed by atoms with E-state index in [1.807, 2.05) is 0 Å². The molecule has 1 fully saturated rings. The Bertz CT molecular complexity index is 327. The van der Waals surface area contributed by atoms with Crippen LogP contribution in [0, 0.1) is 0 Å². The molecule has 1 aromatic rings. The van der Waals surface area contributed by atoms with Gasteiger partial charge in [-0.3, -0.25) is 0 Å². The topological polar surface area (TPSA) is 12.0 Å². The smallest absolute Gasteiger partial charge is 0.0352 e. The van der Waals surface area contributed by atoms with Crippen LogP contribution in [-0.4, -0.2) is 17.5 Å². The molecule has 2 rings (SSSR count). The Kier molecular flexibility index (Phi) is 5.92. The summed E-state index contributed by atoms with van der Waals surface area (Å²) in [5.74, 6) is 2.60. The molecule has 1 heterocycles. The van der Waals surface area contributed by atoms with Gasteiger partial charge in [0, 0.05) is 17.5 Å². The number of rotatable bonds is 6. The zero-order chi connectivity index (χ0) is 12.6. The second kappa shape index (κ2) is 7.73. The van der Waals surface area contributed by atoms with Gasteiger partial charge in [-0.1, -0.05) is 31.9 Å². The molecule has 0 bridgehead atoms. The summed E-state index contributed by atoms with van der Waals surface area (Å²) in [6.45, 7) is 2.26. The van der Waals surface area contributed by atoms with Crippen molar-refractivity contribution in [2.45, 2.75) is 51.5 Å². The summed E-state index contributed by atoms with van der Waals surface area (Å²) in [5, 5.41) is 3.65. The third-order valence-electron chi connectivity index (χ3n) is 3.55. The van der Waals surface area contributed by atoms with Crippen molar-refractivity contribution in [3.05, 3.63) is 29.8 Å². The summed E-state index contributed by atoms with van der Waals surface area (Å²) in [6, 6.07) is 9.75. The van der Waals surface area contributed by atoms with Gasteiger partial charge in [-0.2, -0.15) is 11.8 Å². The van der Waals surface area contributed by atoms with Gasteiger partial charge in [0.2, 0.25) is 0 Å². The fourth-order valence-electron chi connectivity index (χ4n) is 2.44. The van der Waals surface area contributed by atoms with Gasteiger partial charge < -0.3 is 5.32 Å². The van der Waals surface area contributed by atoms with Crippen LogP contribution in [0.5, 0.6) is 0 Å². The summed E-state index contributed by atoms with van der Waals surface area (Å²) in [4.78, 5) is 0. The maximum Gasteiger partial charge on any atom is 0.0352 e. The van der Waals surface area contributed by atoms with E-state index in [0.29, 0.717) is 6.04 Å². The summed E-state index contributed by atoms with van der Waals surface area (Å²) in [6.07, 6.45) is 7.89. The lowest BCUT2D eigenvalue weighted by Crippen LogP contribution is -2.25. The maximum absolute atomic E-state index is 3.65. The molecule has 0 radical (unpaired) electrons. The molecule has 0 aromatic heterocycles. The van der Waals surface area contributed by atoms with Crippen molar-refractivity contribution >= 4 is 17.4 Å². The average Bonchev–Trinajstić information content (AvgIpc) is 2.42. The van der Waals surface area contributed by atoms with E-state index in [1.54, 1.807) is 0 Å². The molecule has 100 valence electrons. The molecule has 1 aromatic carbocycles. The van der Waals surface area contributed by atoms with Gasteiger partial charge in [0.1, 0.15) is 0 Å². The molecule has 0 saturated carbocycles. The van der Waals surface area contributed by atoms with Gasteiger partial charge >= 0.3 is 0 Å². The highest BCUT2D eigenvalue weighted by Crippen LogP contribution is 2.21. The van der Waals surface area contributed by atoms with E-state index < -0.39 is 0 Å². The van der Waals surface area contributed by atoms with Gasteiger partial charge in [0.25, 0.3) is 0 Å². The molecule has 0 spiro atoms. The van der Waals surface area contributed by atoms with Gasteiger partial charge in [0.15, 0.2) is 0 Å². The zero-order valence-electron chi connectivity index (χ0n) is 11.5. The Morgan fingerprint density at radius 1 is 1.22 bits per heavy atom. The van der Waals surface area contributed by atoms with E-state index in [4.69, 9.17) is 0 Å². The van der Waals surface area contributed by atoms with Crippen molar-refractivity contribution in [2.75, 3.05) is 16.8 Å². The summed E-state index contributed by atoms with van der Waals surface area (Å²) < 4.78 is 0. The first-order valence-corrected chi connectivity index (χ1v) is 8.47. The second-order valence-corrected chi connectivity index (χ2v) is 6.36. The minimum Gasteiger partial charge on any atom is -0.381 e. The predicted octanol–water partition coefficient (Wildman–Crippen LogP) is 4.73. The van der Waals surface area contributed by atoms with E-state index in [0.717, 1.165) is 0 Å². The second-order valence-electron chi connectivity index (χ2n) is 5.21. The van der Waals surface area contributed by atoms with Crippen LogP contribution < -0.4 is 5.32 Å². The van der Waals surface area contributed by atoms with Gasteiger partial charge in [-0.15, -0.1) is 0 Å². The minimum atomic E-state index is 0.676. The fraction of sp³-hybridized carbons (Fsp3) is 0.625. The highest BCUT2D eigenvalue weighted by Gasteiger charge is 2.12. The average molecular weight is 263 g/mol. The summed E-state index contributed by atoms with van der Waals surface area (Å²) in [5.41, 5.74) is 2.77. The Morgan fingerprint density at radius 2 is 2.06 bits per heavy atom. The standard InChI is InChI=1S/C16H25NS/c1-2-3-4-6-14-8-10-15(11-9-14)17-16-7-5-12-18-13-16/h8-11,16-17H,2-7,12-13H2,1H3. The molecule has 1 saturated heterocycles. The van der Waals surface area contributed by atoms with Crippen LogP contribution >= 0.6 is 11.8 Å². The third kappa shape index (κ3) is 4.56. The molecule has 0 aliphatic carbocycles. The number of anilines is 1. The zero-order valence-corrected chi connectivity index (χ0v) is 12.3. The first kappa shape index (κ1) is 13.8. The molecule has 18 heavy (non-hydrogen) atoms. The lowest BCUT2D eigenvalue weighted by atomic mass is 10.1. The Balaban J connectivity index is 1.79. The molecule has 1 unspecified atom stereocenters. The molecule has 1 aliphatic heterocycles. The van der Waals surface area contributed by atoms with E-state index in [-0.39, 0.29) is 0 Å². The Hall–Kier alpha value is -0.630. The fourth-order valence-corrected chi connectivity index (χ4v) is 3.51. The van der Waals surface area contributed by atoms with Crippen LogP contribution in [0.3, 0.4) is 0 Å². The van der Waals surface area contributed by atoms with Crippen LogP contribution in [0.25, 0.3) is 0 Å². The SMILES string of the molecule is CCCCCc1ccc(NC2CCCSC2)cc1. The van der Waals surface area contributed by atoms with Gasteiger partial charge in [0.05, 0.1) is 0 Å². The molecule has 1 aliphatic rings. The van der Waals surface area contributed by atoms with Crippen molar-refractivity contribution in [1.29, 1.82) is 0 Å². The van der Waals surface area contributed by atoms with Crippen molar-refractivity contribution in [2.24, 2.45) is 0 Å². The minimum absolute atomic E-state index is 0.676. The number of hydrogen-bond acceptors (Lipinski definition) is 2. The van der Waals surface area contributed by atoms with E-state index in [2.05, 4.69) is 48.3 Å². The van der Waals surface area contributed by atoms with Gasteiger partial charge in [-0.05, 0) is 49.1 Å². The van der Waals surface area contributed by atoms with Gasteiger partial charge in [-0.25, -0.2) is 0 Å². The van der Waals surface area contributed by atoms with Crippen molar-refractivity contribution < 1.29 is 0 Å². The quantitative estimate of drug-likeness (QED) is 0.745. The number of benzene rings is 1.